The van der Waals surface area contributed by atoms with Crippen molar-refractivity contribution in [2.45, 2.75) is 45.4 Å². The Kier molecular flexibility index (Phi) is 14.7. The second-order valence-electron chi connectivity index (χ2n) is 6.99. The minimum absolute atomic E-state index is 0.234. The number of carbonyl (C=O) groups excluding carboxylic acids is 2. The second kappa shape index (κ2) is 15.5. The third-order valence-corrected chi connectivity index (χ3v) is 3.16. The fourth-order valence-electron chi connectivity index (χ4n) is 1.88. The number of carbonyl (C=O) groups is 2. The minimum atomic E-state index is -1.11. The maximum atomic E-state index is 12.1. The Morgan fingerprint density at radius 1 is 0.929 bits per heavy atom. The summed E-state index contributed by atoms with van der Waals surface area (Å²) in [7, 11) is 1.61. The molecule has 28 heavy (non-hydrogen) atoms. The SMILES string of the molecule is COCCOCCOCCOCCNC(=O)[C@@H](NC(=O)OC(C)(C)C)[C@@H](C)O. The number of ether oxygens (including phenoxy) is 5. The molecule has 3 N–H and O–H groups in total. The molecule has 0 aromatic carbocycles. The molecule has 0 aromatic rings. The lowest BCUT2D eigenvalue weighted by Gasteiger charge is -2.24. The number of hydrogen-bond acceptors (Lipinski definition) is 8. The highest BCUT2D eigenvalue weighted by Crippen LogP contribution is 2.07. The highest BCUT2D eigenvalue weighted by Gasteiger charge is 2.27. The van der Waals surface area contributed by atoms with E-state index in [0.29, 0.717) is 39.6 Å². The van der Waals surface area contributed by atoms with Crippen LogP contribution in [0.3, 0.4) is 0 Å². The lowest BCUT2D eigenvalue weighted by molar-refractivity contribution is -0.125. The summed E-state index contributed by atoms with van der Waals surface area (Å²) in [6, 6.07) is -1.11. The Hall–Kier alpha value is -1.46. The first-order valence-electron chi connectivity index (χ1n) is 9.35. The zero-order valence-electron chi connectivity index (χ0n) is 17.6. The van der Waals surface area contributed by atoms with Crippen molar-refractivity contribution >= 4 is 12.0 Å². The lowest BCUT2D eigenvalue weighted by Crippen LogP contribution is -2.53. The summed E-state index contributed by atoms with van der Waals surface area (Å²) in [5.41, 5.74) is -0.699. The van der Waals surface area contributed by atoms with Crippen LogP contribution in [-0.2, 0) is 28.5 Å². The average Bonchev–Trinajstić information content (AvgIpc) is 2.58. The van der Waals surface area contributed by atoms with Gasteiger partial charge < -0.3 is 39.4 Å². The van der Waals surface area contributed by atoms with E-state index in [9.17, 15) is 14.7 Å². The molecule has 0 heterocycles. The van der Waals surface area contributed by atoms with E-state index in [1.807, 2.05) is 0 Å². The second-order valence-corrected chi connectivity index (χ2v) is 6.99. The molecule has 2 amide bonds. The molecule has 0 fully saturated rings. The monoisotopic (exact) mass is 408 g/mol. The molecule has 0 unspecified atom stereocenters. The van der Waals surface area contributed by atoms with E-state index in [1.165, 1.54) is 6.92 Å². The Morgan fingerprint density at radius 2 is 1.43 bits per heavy atom. The van der Waals surface area contributed by atoms with E-state index in [0.717, 1.165) is 0 Å². The molecular weight excluding hydrogens is 372 g/mol. The number of aliphatic hydroxyl groups is 1. The van der Waals surface area contributed by atoms with E-state index in [2.05, 4.69) is 10.6 Å². The van der Waals surface area contributed by atoms with Crippen LogP contribution >= 0.6 is 0 Å². The van der Waals surface area contributed by atoms with Crippen LogP contribution in [0.15, 0.2) is 0 Å². The zero-order chi connectivity index (χ0) is 21.4. The summed E-state index contributed by atoms with van der Waals surface area (Å²) >= 11 is 0. The van der Waals surface area contributed by atoms with Gasteiger partial charge in [0, 0.05) is 13.7 Å². The number of alkyl carbamates (subject to hydrolysis) is 1. The van der Waals surface area contributed by atoms with Gasteiger partial charge in [0.15, 0.2) is 0 Å². The van der Waals surface area contributed by atoms with Crippen LogP contribution in [0.1, 0.15) is 27.7 Å². The van der Waals surface area contributed by atoms with Gasteiger partial charge >= 0.3 is 6.09 Å². The van der Waals surface area contributed by atoms with Gasteiger partial charge in [0.1, 0.15) is 11.6 Å². The predicted octanol–water partition coefficient (Wildman–Crippen LogP) is 0.0729. The van der Waals surface area contributed by atoms with Gasteiger partial charge in [-0.2, -0.15) is 0 Å². The fraction of sp³-hybridized carbons (Fsp3) is 0.889. The van der Waals surface area contributed by atoms with Crippen molar-refractivity contribution in [3.63, 3.8) is 0 Å². The molecule has 0 aromatic heterocycles. The number of aliphatic hydroxyl groups excluding tert-OH is 1. The van der Waals surface area contributed by atoms with Gasteiger partial charge in [-0.1, -0.05) is 0 Å². The molecule has 0 spiro atoms. The number of hydrogen-bond donors (Lipinski definition) is 3. The molecule has 166 valence electrons. The van der Waals surface area contributed by atoms with Crippen LogP contribution in [0.2, 0.25) is 0 Å². The molecule has 0 radical (unpaired) electrons. The summed E-state index contributed by atoms with van der Waals surface area (Å²) in [6.45, 7) is 9.89. The zero-order valence-corrected chi connectivity index (χ0v) is 17.6. The summed E-state index contributed by atoms with van der Waals surface area (Å²) in [6.07, 6.45) is -1.85. The van der Waals surface area contributed by atoms with E-state index >= 15 is 0 Å². The first-order valence-corrected chi connectivity index (χ1v) is 9.35. The largest absolute Gasteiger partial charge is 0.444 e. The van der Waals surface area contributed by atoms with E-state index in [4.69, 9.17) is 23.7 Å². The van der Waals surface area contributed by atoms with Crippen LogP contribution < -0.4 is 10.6 Å². The summed E-state index contributed by atoms with van der Waals surface area (Å²) in [4.78, 5) is 23.9. The van der Waals surface area contributed by atoms with Crippen LogP contribution in [-0.4, -0.2) is 94.8 Å². The van der Waals surface area contributed by atoms with Gasteiger partial charge in [-0.05, 0) is 27.7 Å². The third kappa shape index (κ3) is 15.6. The number of rotatable bonds is 15. The van der Waals surface area contributed by atoms with Crippen LogP contribution in [0.25, 0.3) is 0 Å². The molecule has 0 bridgehead atoms. The maximum absolute atomic E-state index is 12.1. The number of nitrogens with one attached hydrogen (secondary N) is 2. The summed E-state index contributed by atoms with van der Waals surface area (Å²) in [5.74, 6) is -0.520. The van der Waals surface area contributed by atoms with Gasteiger partial charge in [-0.25, -0.2) is 4.79 Å². The first kappa shape index (κ1) is 26.5. The van der Waals surface area contributed by atoms with Crippen LogP contribution in [0.5, 0.6) is 0 Å². The summed E-state index contributed by atoms with van der Waals surface area (Å²) in [5, 5.41) is 14.7. The lowest BCUT2D eigenvalue weighted by atomic mass is 10.1. The highest BCUT2D eigenvalue weighted by atomic mass is 16.6. The number of methoxy groups -OCH3 is 1. The number of amides is 2. The van der Waals surface area contributed by atoms with Crippen molar-refractivity contribution in [3.8, 4) is 0 Å². The maximum Gasteiger partial charge on any atom is 0.408 e. The molecule has 2 atom stereocenters. The molecular formula is C18H36N2O8. The molecule has 10 nitrogen and oxygen atoms in total. The standard InChI is InChI=1S/C18H36N2O8/c1-14(21)15(20-17(23)28-18(2,3)4)16(22)19-6-7-25-10-11-27-13-12-26-9-8-24-5/h14-15,21H,6-13H2,1-5H3,(H,19,22)(H,20,23)/t14-,15+/m1/s1. The fourth-order valence-corrected chi connectivity index (χ4v) is 1.88. The molecule has 0 aliphatic rings. The van der Waals surface area contributed by atoms with Crippen molar-refractivity contribution in [1.29, 1.82) is 0 Å². The van der Waals surface area contributed by atoms with Crippen molar-refractivity contribution in [2.24, 2.45) is 0 Å². The van der Waals surface area contributed by atoms with Gasteiger partial charge in [0.25, 0.3) is 0 Å². The van der Waals surface area contributed by atoms with E-state index in [1.54, 1.807) is 27.9 Å². The van der Waals surface area contributed by atoms with Gasteiger partial charge in [0.2, 0.25) is 5.91 Å². The van der Waals surface area contributed by atoms with E-state index in [-0.39, 0.29) is 13.2 Å². The topological polar surface area (TPSA) is 125 Å². The van der Waals surface area contributed by atoms with Gasteiger partial charge in [-0.3, -0.25) is 4.79 Å². The Labute approximate surface area is 167 Å². The predicted molar refractivity (Wildman–Crippen MR) is 102 cm³/mol. The first-order chi connectivity index (χ1) is 13.2. The highest BCUT2D eigenvalue weighted by molar-refractivity contribution is 5.86. The van der Waals surface area contributed by atoms with E-state index < -0.39 is 29.7 Å². The molecule has 0 aliphatic heterocycles. The molecule has 0 saturated heterocycles. The molecule has 0 saturated carbocycles. The average molecular weight is 408 g/mol. The van der Waals surface area contributed by atoms with Crippen LogP contribution in [0.4, 0.5) is 4.79 Å². The van der Waals surface area contributed by atoms with Crippen molar-refractivity contribution in [3.05, 3.63) is 0 Å². The molecule has 0 rings (SSSR count). The normalized spacial score (nSPS) is 13.6. The van der Waals surface area contributed by atoms with Crippen molar-refractivity contribution < 1.29 is 38.4 Å². The Balaban J connectivity index is 3.82. The Morgan fingerprint density at radius 3 is 1.89 bits per heavy atom. The van der Waals surface area contributed by atoms with Crippen LogP contribution in [0, 0.1) is 0 Å². The smallest absolute Gasteiger partial charge is 0.408 e. The quantitative estimate of drug-likeness (QED) is 0.325. The van der Waals surface area contributed by atoms with Crippen molar-refractivity contribution in [1.82, 2.24) is 10.6 Å². The third-order valence-electron chi connectivity index (χ3n) is 3.16. The minimum Gasteiger partial charge on any atom is -0.444 e. The molecule has 0 aliphatic carbocycles. The van der Waals surface area contributed by atoms with Crippen molar-refractivity contribution in [2.75, 3.05) is 59.9 Å². The summed E-state index contributed by atoms with van der Waals surface area (Å²) < 4.78 is 25.8. The Bertz CT molecular complexity index is 426. The van der Waals surface area contributed by atoms with Gasteiger partial charge in [0.05, 0.1) is 52.4 Å². The van der Waals surface area contributed by atoms with Gasteiger partial charge in [-0.15, -0.1) is 0 Å². The molecule has 10 heteroatoms.